The predicted octanol–water partition coefficient (Wildman–Crippen LogP) is 4.51. The summed E-state index contributed by atoms with van der Waals surface area (Å²) in [5.74, 6) is 2.76. The third-order valence-electron chi connectivity index (χ3n) is 5.09. The summed E-state index contributed by atoms with van der Waals surface area (Å²) in [5.41, 5.74) is 6.21. The highest BCUT2D eigenvalue weighted by atomic mass is 16.5. The second-order valence-electron chi connectivity index (χ2n) is 6.74. The van der Waals surface area contributed by atoms with E-state index in [9.17, 15) is 0 Å². The van der Waals surface area contributed by atoms with Crippen molar-refractivity contribution in [2.24, 2.45) is 11.7 Å². The molecule has 0 atom stereocenters. The van der Waals surface area contributed by atoms with Gasteiger partial charge in [0, 0.05) is 5.92 Å². The van der Waals surface area contributed by atoms with E-state index in [-0.39, 0.29) is 5.54 Å². The maximum atomic E-state index is 6.57. The lowest BCUT2D eigenvalue weighted by molar-refractivity contribution is 0.216. The fourth-order valence-corrected chi connectivity index (χ4v) is 3.52. The molecular formula is C17H31N3O. The lowest BCUT2D eigenvalue weighted by Crippen LogP contribution is -2.41. The SMILES string of the molecule is CCCC(CCC)c1nc(C2(N)CCC(CC)CC2)no1. The quantitative estimate of drug-likeness (QED) is 0.803. The summed E-state index contributed by atoms with van der Waals surface area (Å²) >= 11 is 0. The van der Waals surface area contributed by atoms with Gasteiger partial charge in [0.1, 0.15) is 0 Å². The molecule has 4 heteroatoms. The van der Waals surface area contributed by atoms with Crippen LogP contribution in [-0.2, 0) is 5.54 Å². The van der Waals surface area contributed by atoms with Gasteiger partial charge in [0.2, 0.25) is 5.89 Å². The first-order valence-electron chi connectivity index (χ1n) is 8.75. The smallest absolute Gasteiger partial charge is 0.229 e. The number of nitrogens with two attached hydrogens (primary N) is 1. The first-order chi connectivity index (χ1) is 10.1. The Kier molecular flexibility index (Phi) is 5.80. The van der Waals surface area contributed by atoms with Crippen LogP contribution in [0.2, 0.25) is 0 Å². The summed E-state index contributed by atoms with van der Waals surface area (Å²) in [6.07, 6.45) is 10.1. The molecule has 120 valence electrons. The average Bonchev–Trinajstić information content (AvgIpc) is 2.98. The Bertz CT molecular complexity index is 415. The first-order valence-corrected chi connectivity index (χ1v) is 8.75. The van der Waals surface area contributed by atoms with Crippen molar-refractivity contribution in [3.05, 3.63) is 11.7 Å². The average molecular weight is 293 g/mol. The zero-order valence-electron chi connectivity index (χ0n) is 13.9. The van der Waals surface area contributed by atoms with Gasteiger partial charge in [-0.05, 0) is 44.4 Å². The van der Waals surface area contributed by atoms with E-state index in [1.54, 1.807) is 0 Å². The molecule has 0 aromatic carbocycles. The lowest BCUT2D eigenvalue weighted by atomic mass is 9.76. The second-order valence-corrected chi connectivity index (χ2v) is 6.74. The molecule has 2 N–H and O–H groups in total. The molecule has 2 rings (SSSR count). The molecule has 0 bridgehead atoms. The molecule has 1 heterocycles. The molecular weight excluding hydrogens is 262 g/mol. The molecule has 1 aliphatic rings. The normalized spacial score (nSPS) is 26.4. The van der Waals surface area contributed by atoms with Crippen LogP contribution in [0, 0.1) is 5.92 Å². The standard InChI is InChI=1S/C17H31N3O/c1-4-7-14(8-5-2)15-19-16(20-21-15)17(18)11-9-13(6-3)10-12-17/h13-14H,4-12,18H2,1-3H3. The predicted molar refractivity (Wildman–Crippen MR) is 85.0 cm³/mol. The molecule has 1 fully saturated rings. The van der Waals surface area contributed by atoms with E-state index in [1.165, 1.54) is 19.3 Å². The molecule has 1 saturated carbocycles. The Morgan fingerprint density at radius 1 is 1.19 bits per heavy atom. The number of hydrogen-bond acceptors (Lipinski definition) is 4. The van der Waals surface area contributed by atoms with E-state index in [0.717, 1.165) is 56.2 Å². The molecule has 0 unspecified atom stereocenters. The van der Waals surface area contributed by atoms with Crippen molar-refractivity contribution in [2.75, 3.05) is 0 Å². The molecule has 0 radical (unpaired) electrons. The summed E-state index contributed by atoms with van der Waals surface area (Å²) in [5, 5.41) is 4.24. The highest BCUT2D eigenvalue weighted by Gasteiger charge is 2.37. The number of aromatic nitrogens is 2. The third-order valence-corrected chi connectivity index (χ3v) is 5.09. The molecule has 0 saturated heterocycles. The highest BCUT2D eigenvalue weighted by Crippen LogP contribution is 2.38. The minimum atomic E-state index is -0.365. The Morgan fingerprint density at radius 2 is 1.81 bits per heavy atom. The number of rotatable bonds is 7. The third kappa shape index (κ3) is 3.85. The van der Waals surface area contributed by atoms with Crippen LogP contribution in [0.1, 0.15) is 96.2 Å². The van der Waals surface area contributed by atoms with Gasteiger partial charge in [0.25, 0.3) is 0 Å². The van der Waals surface area contributed by atoms with E-state index >= 15 is 0 Å². The summed E-state index contributed by atoms with van der Waals surface area (Å²) in [6.45, 7) is 6.67. The lowest BCUT2D eigenvalue weighted by Gasteiger charge is -2.34. The Labute approximate surface area is 128 Å². The minimum Gasteiger partial charge on any atom is -0.339 e. The molecule has 0 spiro atoms. The number of hydrogen-bond donors (Lipinski definition) is 1. The van der Waals surface area contributed by atoms with Crippen molar-refractivity contribution < 1.29 is 4.52 Å². The maximum absolute atomic E-state index is 6.57. The van der Waals surface area contributed by atoms with Crippen LogP contribution in [0.25, 0.3) is 0 Å². The zero-order chi connectivity index (χ0) is 15.3. The molecule has 1 aromatic heterocycles. The Balaban J connectivity index is 2.08. The molecule has 0 aliphatic heterocycles. The van der Waals surface area contributed by atoms with Gasteiger partial charge in [0.05, 0.1) is 5.54 Å². The summed E-state index contributed by atoms with van der Waals surface area (Å²) < 4.78 is 5.56. The van der Waals surface area contributed by atoms with Crippen molar-refractivity contribution in [1.82, 2.24) is 10.1 Å². The summed E-state index contributed by atoms with van der Waals surface area (Å²) in [6, 6.07) is 0. The van der Waals surface area contributed by atoms with Gasteiger partial charge in [-0.1, -0.05) is 45.2 Å². The summed E-state index contributed by atoms with van der Waals surface area (Å²) in [7, 11) is 0. The van der Waals surface area contributed by atoms with Crippen molar-refractivity contribution in [2.45, 2.75) is 90.0 Å². The van der Waals surface area contributed by atoms with Crippen LogP contribution >= 0.6 is 0 Å². The van der Waals surface area contributed by atoms with Gasteiger partial charge < -0.3 is 10.3 Å². The van der Waals surface area contributed by atoms with Crippen LogP contribution in [-0.4, -0.2) is 10.1 Å². The zero-order valence-corrected chi connectivity index (χ0v) is 13.9. The van der Waals surface area contributed by atoms with Gasteiger partial charge in [-0.3, -0.25) is 0 Å². The topological polar surface area (TPSA) is 64.9 Å². The monoisotopic (exact) mass is 293 g/mol. The van der Waals surface area contributed by atoms with E-state index in [0.29, 0.717) is 5.92 Å². The van der Waals surface area contributed by atoms with E-state index in [1.807, 2.05) is 0 Å². The van der Waals surface area contributed by atoms with Crippen LogP contribution < -0.4 is 5.73 Å². The van der Waals surface area contributed by atoms with Crippen LogP contribution in [0.5, 0.6) is 0 Å². The number of nitrogens with zero attached hydrogens (tertiary/aromatic N) is 2. The van der Waals surface area contributed by atoms with E-state index in [4.69, 9.17) is 15.2 Å². The molecule has 21 heavy (non-hydrogen) atoms. The molecule has 1 aromatic rings. The van der Waals surface area contributed by atoms with Gasteiger partial charge in [-0.15, -0.1) is 0 Å². The van der Waals surface area contributed by atoms with Crippen molar-refractivity contribution in [3.63, 3.8) is 0 Å². The van der Waals surface area contributed by atoms with Crippen molar-refractivity contribution in [3.8, 4) is 0 Å². The second kappa shape index (κ2) is 7.39. The van der Waals surface area contributed by atoms with Crippen LogP contribution in [0.15, 0.2) is 4.52 Å². The largest absolute Gasteiger partial charge is 0.339 e. The van der Waals surface area contributed by atoms with Crippen LogP contribution in [0.3, 0.4) is 0 Å². The molecule has 1 aliphatic carbocycles. The fourth-order valence-electron chi connectivity index (χ4n) is 3.52. The maximum Gasteiger partial charge on any atom is 0.229 e. The van der Waals surface area contributed by atoms with Gasteiger partial charge in [0.15, 0.2) is 5.82 Å². The van der Waals surface area contributed by atoms with Crippen molar-refractivity contribution >= 4 is 0 Å². The Hall–Kier alpha value is -0.900. The molecule has 4 nitrogen and oxygen atoms in total. The minimum absolute atomic E-state index is 0.365. The molecule has 0 amide bonds. The van der Waals surface area contributed by atoms with E-state index < -0.39 is 0 Å². The van der Waals surface area contributed by atoms with Crippen molar-refractivity contribution in [1.29, 1.82) is 0 Å². The Morgan fingerprint density at radius 3 is 2.33 bits per heavy atom. The fraction of sp³-hybridized carbons (Fsp3) is 0.882. The summed E-state index contributed by atoms with van der Waals surface area (Å²) in [4.78, 5) is 4.69. The highest BCUT2D eigenvalue weighted by molar-refractivity contribution is 5.07. The van der Waals surface area contributed by atoms with Gasteiger partial charge in [-0.25, -0.2) is 0 Å². The first kappa shape index (κ1) is 16.5. The van der Waals surface area contributed by atoms with Gasteiger partial charge >= 0.3 is 0 Å². The van der Waals surface area contributed by atoms with E-state index in [2.05, 4.69) is 25.9 Å². The van der Waals surface area contributed by atoms with Crippen LogP contribution in [0.4, 0.5) is 0 Å². The van der Waals surface area contributed by atoms with Gasteiger partial charge in [-0.2, -0.15) is 4.98 Å².